The molecule has 7 heteroatoms. The Morgan fingerprint density at radius 1 is 1.32 bits per heavy atom. The van der Waals surface area contributed by atoms with Crippen LogP contribution in [0.25, 0.3) is 0 Å². The maximum absolute atomic E-state index is 13.0. The first kappa shape index (κ1) is 15.5. The Kier molecular flexibility index (Phi) is 5.78. The van der Waals surface area contributed by atoms with Gasteiger partial charge in [0.05, 0.1) is 13.2 Å². The van der Waals surface area contributed by atoms with Crippen LogP contribution in [0.2, 0.25) is 0 Å². The minimum atomic E-state index is -1.54. The molecule has 0 aliphatic carbocycles. The summed E-state index contributed by atoms with van der Waals surface area (Å²) >= 11 is 0. The van der Waals surface area contributed by atoms with Gasteiger partial charge in [0.1, 0.15) is 0 Å². The summed E-state index contributed by atoms with van der Waals surface area (Å²) in [5.74, 6) is -5.20. The Balaban J connectivity index is 2.80. The van der Waals surface area contributed by atoms with Crippen molar-refractivity contribution in [1.29, 1.82) is 0 Å². The third-order valence-corrected chi connectivity index (χ3v) is 2.42. The molecule has 0 aromatic heterocycles. The van der Waals surface area contributed by atoms with Crippen LogP contribution >= 0.6 is 0 Å². The highest BCUT2D eigenvalue weighted by Gasteiger charge is 2.14. The summed E-state index contributed by atoms with van der Waals surface area (Å²) in [6, 6.07) is 1.69. The lowest BCUT2D eigenvalue weighted by molar-refractivity contribution is -0.138. The highest BCUT2D eigenvalue weighted by Crippen LogP contribution is 2.15. The number of carboxylic acids is 1. The Bertz CT molecular complexity index is 431. The molecule has 0 atom stereocenters. The van der Waals surface area contributed by atoms with Gasteiger partial charge < -0.3 is 9.84 Å². The molecule has 19 heavy (non-hydrogen) atoms. The van der Waals surface area contributed by atoms with E-state index in [9.17, 15) is 18.0 Å². The summed E-state index contributed by atoms with van der Waals surface area (Å²) in [5, 5.41) is 8.72. The summed E-state index contributed by atoms with van der Waals surface area (Å²) < 4.78 is 43.7. The van der Waals surface area contributed by atoms with Gasteiger partial charge in [-0.2, -0.15) is 0 Å². The molecular formula is C12H14F3NO3. The third kappa shape index (κ3) is 4.88. The summed E-state index contributed by atoms with van der Waals surface area (Å²) in [5.41, 5.74) is 0.161. The Morgan fingerprint density at radius 2 is 1.89 bits per heavy atom. The summed E-state index contributed by atoms with van der Waals surface area (Å²) in [7, 11) is 1.45. The standard InChI is InChI=1S/C12H14F3NO3/c1-19-3-2-16(7-11(17)18)6-8-4-9(13)12(15)10(14)5-8/h4-5H,2-3,6-7H2,1H3,(H,17,18). The third-order valence-electron chi connectivity index (χ3n) is 2.42. The monoisotopic (exact) mass is 277 g/mol. The van der Waals surface area contributed by atoms with E-state index < -0.39 is 23.4 Å². The number of aliphatic carboxylic acids is 1. The topological polar surface area (TPSA) is 49.8 Å². The molecule has 1 aromatic rings. The second kappa shape index (κ2) is 7.10. The van der Waals surface area contributed by atoms with Gasteiger partial charge in [-0.3, -0.25) is 9.69 Å². The van der Waals surface area contributed by atoms with Gasteiger partial charge in [-0.25, -0.2) is 13.2 Å². The second-order valence-corrected chi connectivity index (χ2v) is 3.97. The predicted octanol–water partition coefficient (Wildman–Crippen LogP) is 1.64. The van der Waals surface area contributed by atoms with E-state index in [-0.39, 0.29) is 31.8 Å². The maximum atomic E-state index is 13.0. The van der Waals surface area contributed by atoms with E-state index in [4.69, 9.17) is 9.84 Å². The number of halogens is 3. The number of ether oxygens (including phenoxy) is 1. The SMILES string of the molecule is COCCN(CC(=O)O)Cc1cc(F)c(F)c(F)c1. The van der Waals surface area contributed by atoms with Crippen LogP contribution < -0.4 is 0 Å². The fraction of sp³-hybridized carbons (Fsp3) is 0.417. The van der Waals surface area contributed by atoms with E-state index in [1.165, 1.54) is 12.0 Å². The summed E-state index contributed by atoms with van der Waals surface area (Å²) in [6.45, 7) is 0.247. The van der Waals surface area contributed by atoms with E-state index in [0.29, 0.717) is 0 Å². The minimum Gasteiger partial charge on any atom is -0.480 e. The first-order valence-corrected chi connectivity index (χ1v) is 5.50. The lowest BCUT2D eigenvalue weighted by Crippen LogP contribution is -2.32. The summed E-state index contributed by atoms with van der Waals surface area (Å²) in [4.78, 5) is 12.1. The number of hydrogen-bond donors (Lipinski definition) is 1. The van der Waals surface area contributed by atoms with Crippen molar-refractivity contribution in [2.75, 3.05) is 26.8 Å². The van der Waals surface area contributed by atoms with Crippen LogP contribution in [0.15, 0.2) is 12.1 Å². The highest BCUT2D eigenvalue weighted by atomic mass is 19.2. The Labute approximate surface area is 108 Å². The quantitative estimate of drug-likeness (QED) is 0.770. The van der Waals surface area contributed by atoms with Crippen molar-refractivity contribution >= 4 is 5.97 Å². The van der Waals surface area contributed by atoms with Crippen molar-refractivity contribution in [2.45, 2.75) is 6.54 Å². The van der Waals surface area contributed by atoms with Gasteiger partial charge in [0.25, 0.3) is 0 Å². The van der Waals surface area contributed by atoms with Gasteiger partial charge in [-0.15, -0.1) is 0 Å². The van der Waals surface area contributed by atoms with Crippen LogP contribution in [0.4, 0.5) is 13.2 Å². The smallest absolute Gasteiger partial charge is 0.317 e. The fourth-order valence-electron chi connectivity index (χ4n) is 1.58. The maximum Gasteiger partial charge on any atom is 0.317 e. The van der Waals surface area contributed by atoms with Crippen LogP contribution in [0.3, 0.4) is 0 Å². The molecule has 0 amide bonds. The van der Waals surface area contributed by atoms with Crippen molar-refractivity contribution in [2.24, 2.45) is 0 Å². The minimum absolute atomic E-state index is 0.0101. The number of hydrogen-bond acceptors (Lipinski definition) is 3. The zero-order valence-electron chi connectivity index (χ0n) is 10.3. The molecule has 0 aliphatic rings. The van der Waals surface area contributed by atoms with Crippen LogP contribution in [-0.2, 0) is 16.1 Å². The molecule has 0 saturated heterocycles. The Morgan fingerprint density at radius 3 is 2.37 bits per heavy atom. The lowest BCUT2D eigenvalue weighted by Gasteiger charge is -2.19. The molecule has 1 N–H and O–H groups in total. The molecule has 1 aromatic carbocycles. The molecule has 0 radical (unpaired) electrons. The zero-order valence-corrected chi connectivity index (χ0v) is 10.3. The molecule has 0 aliphatic heterocycles. The first-order chi connectivity index (χ1) is 8.93. The number of nitrogens with zero attached hydrogens (tertiary/aromatic N) is 1. The van der Waals surface area contributed by atoms with Gasteiger partial charge in [-0.05, 0) is 17.7 Å². The molecule has 0 spiro atoms. The highest BCUT2D eigenvalue weighted by molar-refractivity contribution is 5.69. The van der Waals surface area contributed by atoms with Crippen molar-refractivity contribution in [3.8, 4) is 0 Å². The fourth-order valence-corrected chi connectivity index (χ4v) is 1.58. The van der Waals surface area contributed by atoms with Gasteiger partial charge in [0.15, 0.2) is 17.5 Å². The molecule has 0 saturated carbocycles. The molecule has 0 heterocycles. The summed E-state index contributed by atoms with van der Waals surface area (Å²) in [6.07, 6.45) is 0. The molecule has 0 bridgehead atoms. The molecule has 0 fully saturated rings. The van der Waals surface area contributed by atoms with Crippen LogP contribution in [0, 0.1) is 17.5 Å². The number of carboxylic acid groups (broad SMARTS) is 1. The van der Waals surface area contributed by atoms with E-state index >= 15 is 0 Å². The number of benzene rings is 1. The average Bonchev–Trinajstić information content (AvgIpc) is 2.32. The van der Waals surface area contributed by atoms with Gasteiger partial charge in [0.2, 0.25) is 0 Å². The zero-order chi connectivity index (χ0) is 14.4. The second-order valence-electron chi connectivity index (χ2n) is 3.97. The van der Waals surface area contributed by atoms with Crippen molar-refractivity contribution in [3.63, 3.8) is 0 Å². The molecule has 0 unspecified atom stereocenters. The molecular weight excluding hydrogens is 263 g/mol. The van der Waals surface area contributed by atoms with Gasteiger partial charge >= 0.3 is 5.97 Å². The largest absolute Gasteiger partial charge is 0.480 e. The van der Waals surface area contributed by atoms with Gasteiger partial charge in [0, 0.05) is 20.2 Å². The number of methoxy groups -OCH3 is 1. The van der Waals surface area contributed by atoms with E-state index in [1.807, 2.05) is 0 Å². The van der Waals surface area contributed by atoms with E-state index in [1.54, 1.807) is 0 Å². The van der Waals surface area contributed by atoms with Crippen molar-refractivity contribution in [1.82, 2.24) is 4.90 Å². The van der Waals surface area contributed by atoms with Gasteiger partial charge in [-0.1, -0.05) is 0 Å². The normalized spacial score (nSPS) is 11.0. The Hall–Kier alpha value is -1.60. The van der Waals surface area contributed by atoms with Crippen LogP contribution in [0.1, 0.15) is 5.56 Å². The average molecular weight is 277 g/mol. The van der Waals surface area contributed by atoms with Crippen molar-refractivity contribution in [3.05, 3.63) is 35.1 Å². The van der Waals surface area contributed by atoms with Crippen LogP contribution in [-0.4, -0.2) is 42.8 Å². The predicted molar refractivity (Wildman–Crippen MR) is 61.1 cm³/mol. The van der Waals surface area contributed by atoms with Crippen molar-refractivity contribution < 1.29 is 27.8 Å². The molecule has 106 valence electrons. The first-order valence-electron chi connectivity index (χ1n) is 5.50. The molecule has 1 rings (SSSR count). The van der Waals surface area contributed by atoms with Crippen LogP contribution in [0.5, 0.6) is 0 Å². The number of rotatable bonds is 7. The molecule has 4 nitrogen and oxygen atoms in total. The number of carbonyl (C=O) groups is 1. The van der Waals surface area contributed by atoms with E-state index in [0.717, 1.165) is 12.1 Å². The van der Waals surface area contributed by atoms with E-state index in [2.05, 4.69) is 0 Å². The lowest BCUT2D eigenvalue weighted by atomic mass is 10.2.